The van der Waals surface area contributed by atoms with Crippen LogP contribution in [0.1, 0.15) is 35.3 Å². The predicted octanol–water partition coefficient (Wildman–Crippen LogP) is 4.01. The second kappa shape index (κ2) is 7.99. The van der Waals surface area contributed by atoms with E-state index in [1.54, 1.807) is 36.1 Å². The first-order chi connectivity index (χ1) is 14.0. The van der Waals surface area contributed by atoms with Crippen LogP contribution >= 0.6 is 0 Å². The van der Waals surface area contributed by atoms with Gasteiger partial charge in [-0.1, -0.05) is 30.3 Å². The molecule has 150 valence electrons. The molecule has 2 heterocycles. The van der Waals surface area contributed by atoms with Crippen LogP contribution in [0.25, 0.3) is 0 Å². The molecule has 1 atom stereocenters. The number of benzene rings is 2. The summed E-state index contributed by atoms with van der Waals surface area (Å²) in [6, 6.07) is 15.6. The number of fused-ring (bicyclic) bond motifs is 1. The predicted molar refractivity (Wildman–Crippen MR) is 112 cm³/mol. The van der Waals surface area contributed by atoms with Crippen molar-refractivity contribution in [1.82, 2.24) is 9.78 Å². The zero-order valence-corrected chi connectivity index (χ0v) is 16.9. The Morgan fingerprint density at radius 3 is 2.76 bits per heavy atom. The van der Waals surface area contributed by atoms with Gasteiger partial charge in [-0.2, -0.15) is 5.10 Å². The van der Waals surface area contributed by atoms with Gasteiger partial charge in [0.15, 0.2) is 5.82 Å². The fourth-order valence-corrected chi connectivity index (χ4v) is 3.53. The zero-order valence-electron chi connectivity index (χ0n) is 16.9. The minimum Gasteiger partial charge on any atom is -0.491 e. The molecule has 0 radical (unpaired) electrons. The van der Waals surface area contributed by atoms with Gasteiger partial charge in [0, 0.05) is 43.3 Å². The molecule has 6 heteroatoms. The summed E-state index contributed by atoms with van der Waals surface area (Å²) < 4.78 is 13.9. The molecule has 1 N–H and O–H groups in total. The fourth-order valence-electron chi connectivity index (χ4n) is 3.53. The van der Waals surface area contributed by atoms with Crippen molar-refractivity contribution in [3.8, 4) is 11.5 Å². The molecule has 1 unspecified atom stereocenters. The van der Waals surface area contributed by atoms with Crippen LogP contribution in [-0.2, 0) is 19.9 Å². The van der Waals surface area contributed by atoms with Gasteiger partial charge in [0.1, 0.15) is 17.6 Å². The van der Waals surface area contributed by atoms with Crippen LogP contribution in [0.5, 0.6) is 11.5 Å². The first-order valence-electron chi connectivity index (χ1n) is 9.83. The van der Waals surface area contributed by atoms with Gasteiger partial charge in [0.2, 0.25) is 0 Å². The van der Waals surface area contributed by atoms with E-state index in [1.807, 2.05) is 32.0 Å². The molecule has 0 saturated carbocycles. The van der Waals surface area contributed by atoms with Crippen molar-refractivity contribution >= 4 is 11.7 Å². The zero-order chi connectivity index (χ0) is 20.4. The highest BCUT2D eigenvalue weighted by Gasteiger charge is 2.28. The minimum atomic E-state index is -0.241. The molecule has 1 aliphatic heterocycles. The topological polar surface area (TPSA) is 65.4 Å². The molecule has 3 aromatic rings. The number of nitrogens with one attached hydrogen (secondary N) is 1. The molecule has 0 fully saturated rings. The van der Waals surface area contributed by atoms with E-state index in [0.717, 1.165) is 24.2 Å². The monoisotopic (exact) mass is 391 g/mol. The minimum absolute atomic E-state index is 0.00127. The molecule has 1 aliphatic rings. The van der Waals surface area contributed by atoms with Crippen molar-refractivity contribution in [2.45, 2.75) is 38.9 Å². The van der Waals surface area contributed by atoms with Crippen LogP contribution in [0.15, 0.2) is 54.7 Å². The molecule has 1 aromatic heterocycles. The summed E-state index contributed by atoms with van der Waals surface area (Å²) in [4.78, 5) is 12.8. The van der Waals surface area contributed by atoms with Crippen molar-refractivity contribution in [1.29, 1.82) is 0 Å². The quantitative estimate of drug-likeness (QED) is 0.690. The number of hydrogen-bond donors (Lipinski definition) is 1. The Bertz CT molecular complexity index is 1010. The summed E-state index contributed by atoms with van der Waals surface area (Å²) in [5.74, 6) is 1.69. The smallest absolute Gasteiger partial charge is 0.257 e. The van der Waals surface area contributed by atoms with E-state index in [0.29, 0.717) is 17.1 Å². The number of aryl methyl sites for hydroxylation is 1. The van der Waals surface area contributed by atoms with Crippen LogP contribution in [-0.4, -0.2) is 27.9 Å². The third-order valence-electron chi connectivity index (χ3n) is 4.78. The van der Waals surface area contributed by atoms with Crippen LogP contribution < -0.4 is 14.8 Å². The third kappa shape index (κ3) is 4.42. The number of amides is 1. The van der Waals surface area contributed by atoms with Gasteiger partial charge in [-0.25, -0.2) is 0 Å². The number of rotatable bonds is 6. The maximum atomic E-state index is 12.8. The van der Waals surface area contributed by atoms with Crippen molar-refractivity contribution in [2.75, 3.05) is 5.32 Å². The molecule has 1 amide bonds. The largest absolute Gasteiger partial charge is 0.491 e. The lowest BCUT2D eigenvalue weighted by molar-refractivity contribution is 0.102. The highest BCUT2D eigenvalue weighted by atomic mass is 16.5. The maximum absolute atomic E-state index is 12.8. The molecule has 0 bridgehead atoms. The average molecular weight is 391 g/mol. The Kier molecular flexibility index (Phi) is 5.25. The van der Waals surface area contributed by atoms with E-state index in [4.69, 9.17) is 9.47 Å². The molecule has 0 aliphatic carbocycles. The van der Waals surface area contributed by atoms with E-state index < -0.39 is 0 Å². The average Bonchev–Trinajstić information content (AvgIpc) is 3.27. The third-order valence-corrected chi connectivity index (χ3v) is 4.78. The highest BCUT2D eigenvalue weighted by molar-refractivity contribution is 6.04. The molecule has 4 rings (SSSR count). The number of anilines is 1. The number of ether oxygens (including phenoxy) is 2. The first kappa shape index (κ1) is 19.1. The lowest BCUT2D eigenvalue weighted by Gasteiger charge is -2.14. The van der Waals surface area contributed by atoms with Crippen LogP contribution in [0, 0.1) is 0 Å². The molecule has 2 aromatic carbocycles. The number of carbonyl (C=O) groups is 1. The van der Waals surface area contributed by atoms with Gasteiger partial charge in [0.05, 0.1) is 6.10 Å². The summed E-state index contributed by atoms with van der Waals surface area (Å²) in [5, 5.41) is 7.02. The van der Waals surface area contributed by atoms with E-state index in [-0.39, 0.29) is 18.1 Å². The lowest BCUT2D eigenvalue weighted by atomic mass is 10.0. The number of aromatic nitrogens is 2. The van der Waals surface area contributed by atoms with Crippen molar-refractivity contribution < 1.29 is 14.3 Å². The SMILES string of the molecule is CC(C)Oc1cc(C(=O)Nc2ccn(C)n2)cc2c1CC(Cc1ccccc1)O2. The molecule has 0 saturated heterocycles. The molecule has 29 heavy (non-hydrogen) atoms. The van der Waals surface area contributed by atoms with Gasteiger partial charge in [-0.3, -0.25) is 9.48 Å². The van der Waals surface area contributed by atoms with Gasteiger partial charge in [0.25, 0.3) is 5.91 Å². The Labute approximate surface area is 170 Å². The summed E-state index contributed by atoms with van der Waals surface area (Å²) >= 11 is 0. The van der Waals surface area contributed by atoms with Gasteiger partial charge >= 0.3 is 0 Å². The van der Waals surface area contributed by atoms with Gasteiger partial charge in [-0.15, -0.1) is 0 Å². The fraction of sp³-hybridized carbons (Fsp3) is 0.304. The maximum Gasteiger partial charge on any atom is 0.257 e. The number of nitrogens with zero attached hydrogens (tertiary/aromatic N) is 2. The Balaban J connectivity index is 1.58. The van der Waals surface area contributed by atoms with Crippen LogP contribution in [0.3, 0.4) is 0 Å². The Morgan fingerprint density at radius 2 is 2.07 bits per heavy atom. The second-order valence-electron chi connectivity index (χ2n) is 7.58. The van der Waals surface area contributed by atoms with Gasteiger partial charge in [-0.05, 0) is 31.5 Å². The van der Waals surface area contributed by atoms with Crippen LogP contribution in [0.2, 0.25) is 0 Å². The lowest BCUT2D eigenvalue weighted by Crippen LogP contribution is -2.16. The Hall–Kier alpha value is -3.28. The van der Waals surface area contributed by atoms with E-state index in [1.165, 1.54) is 5.56 Å². The van der Waals surface area contributed by atoms with Crippen molar-refractivity contribution in [2.24, 2.45) is 7.05 Å². The summed E-state index contributed by atoms with van der Waals surface area (Å²) in [6.07, 6.45) is 3.38. The van der Waals surface area contributed by atoms with E-state index in [9.17, 15) is 4.79 Å². The number of carbonyl (C=O) groups excluding carboxylic acids is 1. The van der Waals surface area contributed by atoms with E-state index in [2.05, 4.69) is 22.5 Å². The summed E-state index contributed by atoms with van der Waals surface area (Å²) in [5.41, 5.74) is 2.74. The molecular formula is C23H25N3O3. The standard InChI is InChI=1S/C23H25N3O3/c1-15(2)28-20-12-17(23(27)24-22-9-10-26(3)25-22)13-21-19(20)14-18(29-21)11-16-7-5-4-6-8-16/h4-10,12-13,15,18H,11,14H2,1-3H3,(H,24,25,27). The second-order valence-corrected chi connectivity index (χ2v) is 7.58. The van der Waals surface area contributed by atoms with Gasteiger partial charge < -0.3 is 14.8 Å². The number of hydrogen-bond acceptors (Lipinski definition) is 4. The van der Waals surface area contributed by atoms with Crippen molar-refractivity contribution in [3.63, 3.8) is 0 Å². The van der Waals surface area contributed by atoms with Crippen LogP contribution in [0.4, 0.5) is 5.82 Å². The first-order valence-corrected chi connectivity index (χ1v) is 9.83. The van der Waals surface area contributed by atoms with Crippen molar-refractivity contribution in [3.05, 3.63) is 71.4 Å². The molecule has 6 nitrogen and oxygen atoms in total. The summed E-state index contributed by atoms with van der Waals surface area (Å²) in [6.45, 7) is 3.95. The van der Waals surface area contributed by atoms with E-state index >= 15 is 0 Å². The summed E-state index contributed by atoms with van der Waals surface area (Å²) in [7, 11) is 1.81. The highest BCUT2D eigenvalue weighted by Crippen LogP contribution is 2.39. The normalized spacial score (nSPS) is 15.1. The molecular weight excluding hydrogens is 366 g/mol. The molecule has 0 spiro atoms. The Morgan fingerprint density at radius 1 is 1.28 bits per heavy atom.